The Balaban J connectivity index is 1.71. The highest BCUT2D eigenvalue weighted by molar-refractivity contribution is 14.1. The van der Waals surface area contributed by atoms with Gasteiger partial charge in [0.1, 0.15) is 0 Å². The van der Waals surface area contributed by atoms with Crippen LogP contribution in [0.4, 0.5) is 5.95 Å². The number of halogens is 1. The summed E-state index contributed by atoms with van der Waals surface area (Å²) in [5, 5.41) is 3.44. The van der Waals surface area contributed by atoms with Gasteiger partial charge in [-0.2, -0.15) is 0 Å². The van der Waals surface area contributed by atoms with Crippen molar-refractivity contribution in [1.29, 1.82) is 0 Å². The number of nitrogens with one attached hydrogen (secondary N) is 1. The fourth-order valence-electron chi connectivity index (χ4n) is 2.29. The van der Waals surface area contributed by atoms with E-state index >= 15 is 0 Å². The number of hydrogen-bond donors (Lipinski definition) is 1. The van der Waals surface area contributed by atoms with Crippen molar-refractivity contribution in [2.75, 3.05) is 44.8 Å². The summed E-state index contributed by atoms with van der Waals surface area (Å²) in [5.41, 5.74) is 0. The van der Waals surface area contributed by atoms with E-state index in [0.29, 0.717) is 0 Å². The molecule has 1 saturated heterocycles. The van der Waals surface area contributed by atoms with Crippen LogP contribution in [0, 0.1) is 9.49 Å². The highest BCUT2D eigenvalue weighted by Gasteiger charge is 2.20. The molecule has 5 nitrogen and oxygen atoms in total. The molecule has 2 rings (SSSR count). The van der Waals surface area contributed by atoms with Crippen molar-refractivity contribution in [1.82, 2.24) is 15.3 Å². The van der Waals surface area contributed by atoms with Crippen LogP contribution in [0.2, 0.25) is 0 Å². The predicted octanol–water partition coefficient (Wildman–Crippen LogP) is 1.53. The Hall–Kier alpha value is -0.470. The molecule has 1 aromatic rings. The van der Waals surface area contributed by atoms with Gasteiger partial charge in [0.2, 0.25) is 5.95 Å². The fraction of sp³-hybridized carbons (Fsp3) is 0.692. The molecule has 1 aromatic heterocycles. The molecule has 2 heterocycles. The number of rotatable bonds is 6. The molecule has 0 amide bonds. The van der Waals surface area contributed by atoms with Crippen molar-refractivity contribution in [3.8, 4) is 0 Å². The van der Waals surface area contributed by atoms with Crippen molar-refractivity contribution >= 4 is 28.5 Å². The Kier molecular flexibility index (Phi) is 6.25. The van der Waals surface area contributed by atoms with E-state index in [2.05, 4.69) is 42.8 Å². The van der Waals surface area contributed by atoms with Crippen LogP contribution in [-0.2, 0) is 4.74 Å². The standard InChI is InChI=1S/C13H21IN4O/c1-19-7-4-15-8-11-2-5-18(6-3-11)13-16-9-12(14)10-17-13/h9-11,15H,2-8H2,1H3. The van der Waals surface area contributed by atoms with E-state index < -0.39 is 0 Å². The third-order valence-corrected chi connectivity index (χ3v) is 3.98. The molecule has 0 unspecified atom stereocenters. The average molecular weight is 376 g/mol. The summed E-state index contributed by atoms with van der Waals surface area (Å²) in [5.74, 6) is 1.63. The number of aromatic nitrogens is 2. The monoisotopic (exact) mass is 376 g/mol. The minimum absolute atomic E-state index is 0.761. The number of anilines is 1. The van der Waals surface area contributed by atoms with Crippen LogP contribution in [-0.4, -0.2) is 49.9 Å². The summed E-state index contributed by atoms with van der Waals surface area (Å²) < 4.78 is 6.11. The van der Waals surface area contributed by atoms with Gasteiger partial charge >= 0.3 is 0 Å². The van der Waals surface area contributed by atoms with Crippen LogP contribution in [0.25, 0.3) is 0 Å². The maximum Gasteiger partial charge on any atom is 0.225 e. The average Bonchev–Trinajstić information content (AvgIpc) is 2.45. The second kappa shape index (κ2) is 7.96. The summed E-state index contributed by atoms with van der Waals surface area (Å²) in [6, 6.07) is 0. The number of nitrogens with zero attached hydrogens (tertiary/aromatic N) is 3. The zero-order valence-corrected chi connectivity index (χ0v) is 13.5. The number of piperidine rings is 1. The largest absolute Gasteiger partial charge is 0.383 e. The molecule has 0 spiro atoms. The van der Waals surface area contributed by atoms with Crippen LogP contribution in [0.15, 0.2) is 12.4 Å². The van der Waals surface area contributed by atoms with E-state index in [1.165, 1.54) is 12.8 Å². The van der Waals surface area contributed by atoms with Gasteiger partial charge in [0.25, 0.3) is 0 Å². The molecule has 0 atom stereocenters. The number of methoxy groups -OCH3 is 1. The molecule has 1 N–H and O–H groups in total. The van der Waals surface area contributed by atoms with Gasteiger partial charge in [-0.05, 0) is 47.9 Å². The fourth-order valence-corrected chi connectivity index (χ4v) is 2.56. The summed E-state index contributed by atoms with van der Waals surface area (Å²) in [7, 11) is 1.74. The van der Waals surface area contributed by atoms with Gasteiger partial charge in [-0.15, -0.1) is 0 Å². The maximum absolute atomic E-state index is 5.03. The van der Waals surface area contributed by atoms with Crippen LogP contribution < -0.4 is 10.2 Å². The van der Waals surface area contributed by atoms with Crippen LogP contribution in [0.5, 0.6) is 0 Å². The van der Waals surface area contributed by atoms with E-state index in [4.69, 9.17) is 4.74 Å². The van der Waals surface area contributed by atoms with Crippen molar-refractivity contribution in [2.24, 2.45) is 5.92 Å². The van der Waals surface area contributed by atoms with E-state index in [0.717, 1.165) is 48.2 Å². The van der Waals surface area contributed by atoms with E-state index in [1.54, 1.807) is 7.11 Å². The molecule has 0 aromatic carbocycles. The highest BCUT2D eigenvalue weighted by atomic mass is 127. The first-order valence-corrected chi connectivity index (χ1v) is 7.79. The Morgan fingerprint density at radius 3 is 2.68 bits per heavy atom. The molecule has 0 radical (unpaired) electrons. The first-order valence-electron chi connectivity index (χ1n) is 6.71. The summed E-state index contributed by atoms with van der Waals surface area (Å²) in [6.07, 6.45) is 6.16. The molecule has 6 heteroatoms. The van der Waals surface area contributed by atoms with E-state index in [-0.39, 0.29) is 0 Å². The molecule has 19 heavy (non-hydrogen) atoms. The van der Waals surface area contributed by atoms with Gasteiger partial charge in [-0.3, -0.25) is 0 Å². The van der Waals surface area contributed by atoms with E-state index in [9.17, 15) is 0 Å². The second-order valence-corrected chi connectivity index (χ2v) is 6.07. The highest BCUT2D eigenvalue weighted by Crippen LogP contribution is 2.20. The van der Waals surface area contributed by atoms with Gasteiger partial charge in [0.15, 0.2) is 0 Å². The summed E-state index contributed by atoms with van der Waals surface area (Å²) in [4.78, 5) is 11.1. The summed E-state index contributed by atoms with van der Waals surface area (Å²) >= 11 is 2.23. The SMILES string of the molecule is COCCNCC1CCN(c2ncc(I)cn2)CC1. The van der Waals surface area contributed by atoms with Gasteiger partial charge in [-0.1, -0.05) is 0 Å². The molecule has 0 saturated carbocycles. The van der Waals surface area contributed by atoms with Crippen LogP contribution in [0.3, 0.4) is 0 Å². The van der Waals surface area contributed by atoms with Gasteiger partial charge in [0.05, 0.1) is 6.61 Å². The molecule has 1 aliphatic heterocycles. The molecule has 0 aliphatic carbocycles. The quantitative estimate of drug-likeness (QED) is 0.603. The third kappa shape index (κ3) is 4.85. The molecule has 106 valence electrons. The smallest absolute Gasteiger partial charge is 0.225 e. The first-order chi connectivity index (χ1) is 9.29. The van der Waals surface area contributed by atoms with E-state index in [1.807, 2.05) is 12.4 Å². The molecule has 1 fully saturated rings. The molecular weight excluding hydrogens is 355 g/mol. The van der Waals surface area contributed by atoms with Crippen LogP contribution >= 0.6 is 22.6 Å². The Morgan fingerprint density at radius 2 is 2.05 bits per heavy atom. The lowest BCUT2D eigenvalue weighted by molar-refractivity contribution is 0.196. The Morgan fingerprint density at radius 1 is 1.37 bits per heavy atom. The lowest BCUT2D eigenvalue weighted by Crippen LogP contribution is -2.38. The topological polar surface area (TPSA) is 50.3 Å². The third-order valence-electron chi connectivity index (χ3n) is 3.42. The van der Waals surface area contributed by atoms with Gasteiger partial charge < -0.3 is 15.0 Å². The lowest BCUT2D eigenvalue weighted by atomic mass is 9.97. The number of ether oxygens (including phenoxy) is 1. The van der Waals surface area contributed by atoms with Crippen LogP contribution in [0.1, 0.15) is 12.8 Å². The van der Waals surface area contributed by atoms with Crippen molar-refractivity contribution in [3.05, 3.63) is 16.0 Å². The Labute approximate surface area is 128 Å². The van der Waals surface area contributed by atoms with Crippen molar-refractivity contribution in [2.45, 2.75) is 12.8 Å². The maximum atomic E-state index is 5.03. The van der Waals surface area contributed by atoms with Crippen molar-refractivity contribution < 1.29 is 4.74 Å². The minimum Gasteiger partial charge on any atom is -0.383 e. The molecule has 0 bridgehead atoms. The first kappa shape index (κ1) is 14.9. The minimum atomic E-state index is 0.761. The summed E-state index contributed by atoms with van der Waals surface area (Å²) in [6.45, 7) is 4.92. The lowest BCUT2D eigenvalue weighted by Gasteiger charge is -2.32. The second-order valence-electron chi connectivity index (χ2n) is 4.83. The normalized spacial score (nSPS) is 16.8. The van der Waals surface area contributed by atoms with Crippen molar-refractivity contribution in [3.63, 3.8) is 0 Å². The number of hydrogen-bond acceptors (Lipinski definition) is 5. The zero-order valence-electron chi connectivity index (χ0n) is 11.3. The Bertz CT molecular complexity index is 365. The molecular formula is C13H21IN4O. The van der Waals surface area contributed by atoms with Gasteiger partial charge in [-0.25, -0.2) is 9.97 Å². The molecule has 1 aliphatic rings. The predicted molar refractivity (Wildman–Crippen MR) is 84.4 cm³/mol. The zero-order chi connectivity index (χ0) is 13.5. The van der Waals surface area contributed by atoms with Gasteiger partial charge in [0, 0.05) is 42.7 Å².